The predicted octanol–water partition coefficient (Wildman–Crippen LogP) is 16.1. The van der Waals surface area contributed by atoms with Gasteiger partial charge in [0.05, 0.1) is 16.5 Å². The van der Waals surface area contributed by atoms with Gasteiger partial charge in [-0.2, -0.15) is 0 Å². The molecule has 9 aromatic carbocycles. The normalized spacial score (nSPS) is 12.6. The van der Waals surface area contributed by atoms with Crippen LogP contribution in [0.2, 0.25) is 0 Å². The third kappa shape index (κ3) is 6.96. The van der Waals surface area contributed by atoms with Crippen molar-refractivity contribution in [2.75, 3.05) is 0 Å². The highest BCUT2D eigenvalue weighted by Gasteiger charge is 2.22. The van der Waals surface area contributed by atoms with Gasteiger partial charge in [-0.15, -0.1) is 0 Å². The molecule has 0 atom stereocenters. The van der Waals surface area contributed by atoms with Crippen LogP contribution < -0.4 is 0 Å². The topological polar surface area (TPSA) is 4.93 Å². The predicted molar refractivity (Wildman–Crippen MR) is 252 cm³/mol. The zero-order valence-corrected chi connectivity index (χ0v) is 33.4. The van der Waals surface area contributed by atoms with Crippen molar-refractivity contribution in [3.8, 4) is 72.4 Å². The Kier molecular flexibility index (Phi) is 8.06. The van der Waals surface area contributed by atoms with E-state index in [1.165, 1.54) is 5.56 Å². The highest BCUT2D eigenvalue weighted by atomic mass is 15.0. The van der Waals surface area contributed by atoms with E-state index in [1.807, 2.05) is 97.1 Å². The Morgan fingerprint density at radius 3 is 1.02 bits per heavy atom. The van der Waals surface area contributed by atoms with Crippen molar-refractivity contribution in [1.82, 2.24) is 4.57 Å². The van der Waals surface area contributed by atoms with Crippen LogP contribution in [0.15, 0.2) is 218 Å². The summed E-state index contributed by atoms with van der Waals surface area (Å²) < 4.78 is 37.7. The van der Waals surface area contributed by atoms with E-state index in [2.05, 4.69) is 122 Å². The summed E-state index contributed by atoms with van der Waals surface area (Å²) in [6, 6.07) is 67.6. The molecule has 0 fully saturated rings. The molecule has 282 valence electrons. The average Bonchev–Trinajstić information content (AvgIpc) is 3.62. The summed E-state index contributed by atoms with van der Waals surface area (Å²) >= 11 is 0. The Balaban J connectivity index is 1.24. The molecule has 0 saturated carbocycles. The van der Waals surface area contributed by atoms with Crippen molar-refractivity contribution in [3.05, 3.63) is 224 Å². The minimum Gasteiger partial charge on any atom is -0.309 e. The number of fused-ring (bicyclic) bond motifs is 3. The van der Waals surface area contributed by atoms with E-state index in [0.717, 1.165) is 94.3 Å². The second-order valence-electron chi connectivity index (χ2n) is 16.3. The zero-order chi connectivity index (χ0) is 43.4. The van der Waals surface area contributed by atoms with Gasteiger partial charge in [0.25, 0.3) is 0 Å². The molecule has 0 aliphatic rings. The summed E-state index contributed by atoms with van der Waals surface area (Å²) in [6.45, 7) is 6.79. The minimum atomic E-state index is -0.113. The first-order valence-electron chi connectivity index (χ1n) is 22.2. The molecule has 1 heterocycles. The molecule has 0 aliphatic carbocycles. The standard InChI is InChI=1S/C58H45N/c1-58(2,3)54-26-16-17-27-57(54)59-55-30-28-44(50-34-46(40-18-8-4-9-19-40)32-47(35-50)41-20-10-5-11-21-41)38-52(55)53-39-45(29-31-56(53)59)51-36-48(42-22-12-6-13-23-42)33-49(37-51)43-24-14-7-15-25-43/h4-39H,1-3H3/i18D,20D,22D,24D. The fourth-order valence-corrected chi connectivity index (χ4v) is 8.45. The summed E-state index contributed by atoms with van der Waals surface area (Å²) in [6.07, 6.45) is 0. The van der Waals surface area contributed by atoms with Crippen LogP contribution in [-0.2, 0) is 5.41 Å². The number of aromatic nitrogens is 1. The molecule has 1 nitrogen and oxygen atoms in total. The minimum absolute atomic E-state index is 0.113. The lowest BCUT2D eigenvalue weighted by Crippen LogP contribution is -2.15. The second-order valence-corrected chi connectivity index (χ2v) is 16.3. The summed E-state index contributed by atoms with van der Waals surface area (Å²) in [7, 11) is 0. The molecule has 0 aliphatic heterocycles. The maximum Gasteiger partial charge on any atom is 0.0629 e. The Morgan fingerprint density at radius 2 is 0.661 bits per heavy atom. The van der Waals surface area contributed by atoms with Gasteiger partial charge in [-0.1, -0.05) is 172 Å². The van der Waals surface area contributed by atoms with Crippen LogP contribution >= 0.6 is 0 Å². The van der Waals surface area contributed by atoms with E-state index in [9.17, 15) is 0 Å². The first-order valence-corrected chi connectivity index (χ1v) is 20.2. The van der Waals surface area contributed by atoms with Crippen molar-refractivity contribution >= 4 is 21.8 Å². The van der Waals surface area contributed by atoms with Gasteiger partial charge in [0.1, 0.15) is 0 Å². The molecule has 0 amide bonds. The SMILES string of the molecule is [2H]c1ccccc1-c1cc(-c2ccc3c(c2)c2cc(-c4cc(-c5ccccc5[2H])cc(-c5ccccc5[2H])c4)ccc2n3-c2ccccc2C(C)(C)C)cc(-c2ccccc2[2H])c1. The zero-order valence-electron chi connectivity index (χ0n) is 37.4. The maximum absolute atomic E-state index is 8.82. The van der Waals surface area contributed by atoms with Gasteiger partial charge in [0.2, 0.25) is 0 Å². The number of rotatable bonds is 7. The van der Waals surface area contributed by atoms with Gasteiger partial charge in [-0.25, -0.2) is 0 Å². The number of hydrogen-bond donors (Lipinski definition) is 0. The number of hydrogen-bond acceptors (Lipinski definition) is 0. The van der Waals surface area contributed by atoms with Gasteiger partial charge in [0.15, 0.2) is 0 Å². The number of benzene rings is 9. The molecule has 1 heteroatoms. The Hall–Kier alpha value is -7.22. The second kappa shape index (κ2) is 14.9. The van der Waals surface area contributed by atoms with Gasteiger partial charge in [-0.3, -0.25) is 0 Å². The third-order valence-electron chi connectivity index (χ3n) is 11.3. The Bertz CT molecular complexity index is 3060. The van der Waals surface area contributed by atoms with Gasteiger partial charge in [0, 0.05) is 16.5 Å². The van der Waals surface area contributed by atoms with Gasteiger partial charge in [-0.05, 0) is 144 Å². The van der Waals surface area contributed by atoms with Crippen LogP contribution in [0.1, 0.15) is 31.8 Å². The van der Waals surface area contributed by atoms with E-state index in [1.54, 1.807) is 0 Å². The fraction of sp³-hybridized carbons (Fsp3) is 0.0690. The molecule has 0 saturated heterocycles. The van der Waals surface area contributed by atoms with Crippen molar-refractivity contribution in [3.63, 3.8) is 0 Å². The van der Waals surface area contributed by atoms with Crippen molar-refractivity contribution in [1.29, 1.82) is 0 Å². The first-order chi connectivity index (χ1) is 30.5. The molecule has 0 N–H and O–H groups in total. The van der Waals surface area contributed by atoms with E-state index in [4.69, 9.17) is 5.48 Å². The third-order valence-corrected chi connectivity index (χ3v) is 11.3. The molecule has 10 aromatic rings. The van der Waals surface area contributed by atoms with Crippen molar-refractivity contribution in [2.24, 2.45) is 0 Å². The van der Waals surface area contributed by atoms with E-state index in [-0.39, 0.29) is 5.41 Å². The molecule has 0 radical (unpaired) electrons. The molecular weight excluding hydrogens is 711 g/mol. The van der Waals surface area contributed by atoms with Crippen LogP contribution in [0.3, 0.4) is 0 Å². The molecule has 1 aromatic heterocycles. The Labute approximate surface area is 353 Å². The smallest absolute Gasteiger partial charge is 0.0629 e. The van der Waals surface area contributed by atoms with Gasteiger partial charge < -0.3 is 4.57 Å². The van der Waals surface area contributed by atoms with Crippen LogP contribution in [0.5, 0.6) is 0 Å². The quantitative estimate of drug-likeness (QED) is 0.152. The molecule has 59 heavy (non-hydrogen) atoms. The lowest BCUT2D eigenvalue weighted by molar-refractivity contribution is 0.587. The summed E-state index contributed by atoms with van der Waals surface area (Å²) in [5.41, 5.74) is 15.6. The van der Waals surface area contributed by atoms with E-state index >= 15 is 0 Å². The lowest BCUT2D eigenvalue weighted by atomic mass is 9.85. The van der Waals surface area contributed by atoms with Crippen LogP contribution in [0, 0.1) is 0 Å². The van der Waals surface area contributed by atoms with Gasteiger partial charge >= 0.3 is 0 Å². The molecule has 0 bridgehead atoms. The fourth-order valence-electron chi connectivity index (χ4n) is 8.45. The van der Waals surface area contributed by atoms with Crippen molar-refractivity contribution < 1.29 is 5.48 Å². The molecule has 0 spiro atoms. The van der Waals surface area contributed by atoms with E-state index in [0.29, 0.717) is 24.2 Å². The highest BCUT2D eigenvalue weighted by Crippen LogP contribution is 2.42. The lowest BCUT2D eigenvalue weighted by Gasteiger charge is -2.24. The van der Waals surface area contributed by atoms with Crippen LogP contribution in [0.25, 0.3) is 94.3 Å². The summed E-state index contributed by atoms with van der Waals surface area (Å²) in [4.78, 5) is 0. The Morgan fingerprint density at radius 1 is 0.322 bits per heavy atom. The molecule has 10 rings (SSSR count). The van der Waals surface area contributed by atoms with Crippen molar-refractivity contribution in [2.45, 2.75) is 26.2 Å². The number of nitrogens with zero attached hydrogens (tertiary/aromatic N) is 1. The summed E-state index contributed by atoms with van der Waals surface area (Å²) in [5, 5.41) is 2.21. The number of para-hydroxylation sites is 1. The maximum atomic E-state index is 8.82. The average molecular weight is 760 g/mol. The highest BCUT2D eigenvalue weighted by molar-refractivity contribution is 6.12. The first kappa shape index (κ1) is 31.8. The monoisotopic (exact) mass is 759 g/mol. The summed E-state index contributed by atoms with van der Waals surface area (Å²) in [5.74, 6) is 0. The van der Waals surface area contributed by atoms with E-state index < -0.39 is 0 Å². The largest absolute Gasteiger partial charge is 0.309 e. The van der Waals surface area contributed by atoms with Crippen LogP contribution in [-0.4, -0.2) is 4.57 Å². The van der Waals surface area contributed by atoms with Crippen LogP contribution in [0.4, 0.5) is 0 Å². The molecule has 0 unspecified atom stereocenters. The molecular formula is C58H45N.